The standard InChI is InChI=1S/C26H26Cl2N2O5S/c1-2-3-15-35-26(32)20-9-12-22(13-10-20)29-25(31)18-30(17-19-7-5-4-6-8-19)36(33,34)24-16-21(27)11-14-23(24)28/h4-14,16H,2-3,15,17-18H2,1H3,(H,29,31). The number of nitrogens with zero attached hydrogens (tertiary/aromatic N) is 1. The number of amides is 1. The molecule has 0 aliphatic carbocycles. The first-order chi connectivity index (χ1) is 17.2. The highest BCUT2D eigenvalue weighted by atomic mass is 35.5. The van der Waals surface area contributed by atoms with Crippen molar-refractivity contribution in [1.82, 2.24) is 4.31 Å². The van der Waals surface area contributed by atoms with Crippen molar-refractivity contribution in [2.45, 2.75) is 31.2 Å². The molecule has 0 heterocycles. The minimum absolute atomic E-state index is 0.000665. The Balaban J connectivity index is 1.77. The molecule has 0 bridgehead atoms. The summed E-state index contributed by atoms with van der Waals surface area (Å²) >= 11 is 12.2. The largest absolute Gasteiger partial charge is 0.462 e. The molecule has 0 spiro atoms. The van der Waals surface area contributed by atoms with Crippen molar-refractivity contribution in [2.24, 2.45) is 0 Å². The molecule has 0 aliphatic heterocycles. The summed E-state index contributed by atoms with van der Waals surface area (Å²) in [5, 5.41) is 2.87. The zero-order valence-corrected chi connectivity index (χ0v) is 21.9. The Hall–Kier alpha value is -2.91. The number of nitrogens with one attached hydrogen (secondary N) is 1. The summed E-state index contributed by atoms with van der Waals surface area (Å²) in [7, 11) is -4.17. The van der Waals surface area contributed by atoms with Gasteiger partial charge in [0.2, 0.25) is 15.9 Å². The van der Waals surface area contributed by atoms with Crippen molar-refractivity contribution in [3.63, 3.8) is 0 Å². The van der Waals surface area contributed by atoms with Crippen molar-refractivity contribution in [3.8, 4) is 0 Å². The molecule has 0 saturated heterocycles. The van der Waals surface area contributed by atoms with E-state index in [2.05, 4.69) is 5.32 Å². The van der Waals surface area contributed by atoms with Crippen LogP contribution in [-0.2, 0) is 26.1 Å². The van der Waals surface area contributed by atoms with Crippen LogP contribution in [0.5, 0.6) is 0 Å². The maximum Gasteiger partial charge on any atom is 0.338 e. The Labute approximate surface area is 221 Å². The number of carbonyl (C=O) groups is 2. The summed E-state index contributed by atoms with van der Waals surface area (Å²) in [5.74, 6) is -1.01. The van der Waals surface area contributed by atoms with Gasteiger partial charge in [0, 0.05) is 17.3 Å². The number of unbranched alkanes of at least 4 members (excludes halogenated alkanes) is 1. The first kappa shape index (κ1) is 27.7. The van der Waals surface area contributed by atoms with Crippen molar-refractivity contribution in [1.29, 1.82) is 0 Å². The van der Waals surface area contributed by atoms with Crippen LogP contribution in [0.2, 0.25) is 10.0 Å². The van der Waals surface area contributed by atoms with Crippen LogP contribution >= 0.6 is 23.2 Å². The van der Waals surface area contributed by atoms with Gasteiger partial charge in [0.1, 0.15) is 4.90 Å². The molecule has 36 heavy (non-hydrogen) atoms. The molecule has 0 radical (unpaired) electrons. The molecular weight excluding hydrogens is 523 g/mol. The van der Waals surface area contributed by atoms with Crippen LogP contribution < -0.4 is 5.32 Å². The van der Waals surface area contributed by atoms with E-state index in [1.54, 1.807) is 36.4 Å². The van der Waals surface area contributed by atoms with Gasteiger partial charge in [-0.1, -0.05) is 66.9 Å². The predicted molar refractivity (Wildman–Crippen MR) is 141 cm³/mol. The summed E-state index contributed by atoms with van der Waals surface area (Å²) < 4.78 is 33.2. The highest BCUT2D eigenvalue weighted by Gasteiger charge is 2.29. The van der Waals surface area contributed by atoms with E-state index in [4.69, 9.17) is 27.9 Å². The average molecular weight is 549 g/mol. The highest BCUT2D eigenvalue weighted by molar-refractivity contribution is 7.89. The normalized spacial score (nSPS) is 11.3. The Bertz CT molecular complexity index is 1300. The second-order valence-corrected chi connectivity index (χ2v) is 10.7. The van der Waals surface area contributed by atoms with Gasteiger partial charge in [-0.15, -0.1) is 0 Å². The number of esters is 1. The van der Waals surface area contributed by atoms with Crippen LogP contribution in [0.4, 0.5) is 5.69 Å². The fourth-order valence-electron chi connectivity index (χ4n) is 3.27. The average Bonchev–Trinajstić information content (AvgIpc) is 2.86. The summed E-state index contributed by atoms with van der Waals surface area (Å²) in [6, 6.07) is 19.2. The van der Waals surface area contributed by atoms with E-state index in [0.717, 1.165) is 17.1 Å². The fraction of sp³-hybridized carbons (Fsp3) is 0.231. The zero-order chi connectivity index (χ0) is 26.1. The van der Waals surface area contributed by atoms with Crippen molar-refractivity contribution >= 4 is 50.8 Å². The first-order valence-electron chi connectivity index (χ1n) is 11.3. The third-order valence-electron chi connectivity index (χ3n) is 5.17. The van der Waals surface area contributed by atoms with Gasteiger partial charge in [-0.25, -0.2) is 13.2 Å². The summed E-state index contributed by atoms with van der Waals surface area (Å²) in [6.45, 7) is 1.82. The third-order valence-corrected chi connectivity index (χ3v) is 7.68. The molecule has 0 aliphatic rings. The van der Waals surface area contributed by atoms with Gasteiger partial charge in [-0.05, 0) is 54.4 Å². The van der Waals surface area contributed by atoms with E-state index in [9.17, 15) is 18.0 Å². The molecule has 190 valence electrons. The molecule has 3 rings (SSSR count). The summed E-state index contributed by atoms with van der Waals surface area (Å²) in [6.07, 6.45) is 1.70. The molecule has 10 heteroatoms. The van der Waals surface area contributed by atoms with Gasteiger partial charge >= 0.3 is 5.97 Å². The van der Waals surface area contributed by atoms with E-state index in [1.807, 2.05) is 13.0 Å². The summed E-state index contributed by atoms with van der Waals surface area (Å²) in [5.41, 5.74) is 1.45. The molecule has 1 N–H and O–H groups in total. The number of benzene rings is 3. The van der Waals surface area contributed by atoms with Gasteiger partial charge in [-0.2, -0.15) is 4.31 Å². The molecule has 0 fully saturated rings. The smallest absolute Gasteiger partial charge is 0.338 e. The van der Waals surface area contributed by atoms with Gasteiger partial charge in [-0.3, -0.25) is 4.79 Å². The number of carbonyl (C=O) groups excluding carboxylic acids is 2. The molecule has 3 aromatic carbocycles. The quantitative estimate of drug-likeness (QED) is 0.242. The summed E-state index contributed by atoms with van der Waals surface area (Å²) in [4.78, 5) is 24.7. The Kier molecular flexibility index (Phi) is 9.89. The lowest BCUT2D eigenvalue weighted by Crippen LogP contribution is -2.37. The zero-order valence-electron chi connectivity index (χ0n) is 19.6. The lowest BCUT2D eigenvalue weighted by molar-refractivity contribution is -0.116. The Morgan fingerprint density at radius 1 is 0.972 bits per heavy atom. The molecular formula is C26H26Cl2N2O5S. The number of halogens is 2. The number of ether oxygens (including phenoxy) is 1. The first-order valence-corrected chi connectivity index (χ1v) is 13.5. The number of hydrogen-bond acceptors (Lipinski definition) is 5. The van der Waals surface area contributed by atoms with E-state index in [0.29, 0.717) is 23.4 Å². The molecule has 0 atom stereocenters. The second kappa shape index (κ2) is 12.9. The Morgan fingerprint density at radius 3 is 2.33 bits per heavy atom. The van der Waals surface area contributed by atoms with E-state index in [-0.39, 0.29) is 21.5 Å². The van der Waals surface area contributed by atoms with Gasteiger partial charge in [0.25, 0.3) is 0 Å². The topological polar surface area (TPSA) is 92.8 Å². The SMILES string of the molecule is CCCCOC(=O)c1ccc(NC(=O)CN(Cc2ccccc2)S(=O)(=O)c2cc(Cl)ccc2Cl)cc1. The van der Waals surface area contributed by atoms with E-state index in [1.165, 1.54) is 30.3 Å². The molecule has 0 unspecified atom stereocenters. The molecule has 3 aromatic rings. The number of anilines is 1. The fourth-order valence-corrected chi connectivity index (χ4v) is 5.39. The van der Waals surface area contributed by atoms with Gasteiger partial charge < -0.3 is 10.1 Å². The van der Waals surface area contributed by atoms with Gasteiger partial charge in [0.05, 0.1) is 23.7 Å². The van der Waals surface area contributed by atoms with Crippen LogP contribution in [0.3, 0.4) is 0 Å². The van der Waals surface area contributed by atoms with E-state index >= 15 is 0 Å². The van der Waals surface area contributed by atoms with Crippen LogP contribution in [0.25, 0.3) is 0 Å². The van der Waals surface area contributed by atoms with Crippen LogP contribution in [0, 0.1) is 0 Å². The molecule has 7 nitrogen and oxygen atoms in total. The van der Waals surface area contributed by atoms with E-state index < -0.39 is 28.4 Å². The minimum atomic E-state index is -4.17. The lowest BCUT2D eigenvalue weighted by Gasteiger charge is -2.22. The molecule has 1 amide bonds. The second-order valence-electron chi connectivity index (χ2n) is 7.95. The van der Waals surface area contributed by atoms with Crippen LogP contribution in [-0.4, -0.2) is 37.8 Å². The predicted octanol–water partition coefficient (Wildman–Crippen LogP) is 5.78. The van der Waals surface area contributed by atoms with Crippen LogP contribution in [0.1, 0.15) is 35.7 Å². The maximum atomic E-state index is 13.5. The maximum absolute atomic E-state index is 13.5. The third kappa shape index (κ3) is 7.54. The highest BCUT2D eigenvalue weighted by Crippen LogP contribution is 2.28. The van der Waals surface area contributed by atoms with Gasteiger partial charge in [0.15, 0.2) is 0 Å². The van der Waals surface area contributed by atoms with Crippen molar-refractivity contribution in [2.75, 3.05) is 18.5 Å². The van der Waals surface area contributed by atoms with Crippen molar-refractivity contribution < 1.29 is 22.7 Å². The number of sulfonamides is 1. The van der Waals surface area contributed by atoms with Crippen molar-refractivity contribution in [3.05, 3.63) is 94.0 Å². The number of rotatable bonds is 11. The minimum Gasteiger partial charge on any atom is -0.462 e. The number of hydrogen-bond donors (Lipinski definition) is 1. The van der Waals surface area contributed by atoms with Crippen LogP contribution in [0.15, 0.2) is 77.7 Å². The molecule has 0 aromatic heterocycles. The Morgan fingerprint density at radius 2 is 1.67 bits per heavy atom. The lowest BCUT2D eigenvalue weighted by atomic mass is 10.2. The monoisotopic (exact) mass is 548 g/mol. The molecule has 0 saturated carbocycles.